The molecule has 290 valence electrons. The molecule has 3 aliphatic rings. The summed E-state index contributed by atoms with van der Waals surface area (Å²) in [5.74, 6) is 0.449. The number of hydrogen-bond donors (Lipinski definition) is 1. The van der Waals surface area contributed by atoms with Gasteiger partial charge in [-0.15, -0.1) is 0 Å². The molecule has 6 rings (SSSR count). The molecule has 3 aromatic rings. The molecule has 2 aromatic heterocycles. The maximum absolute atomic E-state index is 16.1. The lowest BCUT2D eigenvalue weighted by atomic mass is 9.96. The van der Waals surface area contributed by atoms with E-state index in [2.05, 4.69) is 59.6 Å². The van der Waals surface area contributed by atoms with Crippen LogP contribution in [0.1, 0.15) is 32.8 Å². The van der Waals surface area contributed by atoms with Crippen molar-refractivity contribution in [3.05, 3.63) is 47.8 Å². The molecule has 0 spiro atoms. The molecule has 1 amide bonds. The van der Waals surface area contributed by atoms with Gasteiger partial charge in [-0.1, -0.05) is 52.6 Å². The standard InChI is InChI=1S/C39H56FN3O8Si2/c1-39(2,3)53(8,9)50-23-34(45)42-14-12-25(13-15-42)26-10-11-27(32(18-26)46-4)36-28(40)19-30-29(41-36)20-35(43(30)24-47-16-17-52(5,6)7)51-33-22-49-37-31(44)21-48-38(33)37/h10-12,18-20,31,33,37-38,44H,13-17,21-24H2,1-9H3/t31-,33-,37-,38-/m1/s1. The summed E-state index contributed by atoms with van der Waals surface area (Å²) in [6.45, 7) is 20.1. The minimum atomic E-state index is -2.03. The van der Waals surface area contributed by atoms with E-state index in [4.69, 9.17) is 33.1 Å². The van der Waals surface area contributed by atoms with Gasteiger partial charge in [-0.3, -0.25) is 9.36 Å². The van der Waals surface area contributed by atoms with Crippen molar-refractivity contribution in [3.63, 3.8) is 0 Å². The van der Waals surface area contributed by atoms with Gasteiger partial charge in [-0.25, -0.2) is 9.37 Å². The molecule has 3 aliphatic heterocycles. The number of fused-ring (bicyclic) bond motifs is 2. The number of halogens is 1. The number of hydrogen-bond acceptors (Lipinski definition) is 9. The van der Waals surface area contributed by atoms with Gasteiger partial charge in [0.2, 0.25) is 5.91 Å². The third-order valence-electron chi connectivity index (χ3n) is 11.0. The molecule has 53 heavy (non-hydrogen) atoms. The largest absolute Gasteiger partial charge is 0.496 e. The van der Waals surface area contributed by atoms with Crippen molar-refractivity contribution in [2.45, 2.75) is 102 Å². The molecular weight excluding hydrogens is 714 g/mol. The predicted octanol–water partition coefficient (Wildman–Crippen LogP) is 6.71. The maximum atomic E-state index is 16.1. The van der Waals surface area contributed by atoms with Crippen LogP contribution >= 0.6 is 0 Å². The first-order valence-corrected chi connectivity index (χ1v) is 25.2. The Hall–Kier alpha value is -3.12. The van der Waals surface area contributed by atoms with Gasteiger partial charge in [-0.05, 0) is 53.9 Å². The Morgan fingerprint density at radius 3 is 2.51 bits per heavy atom. The number of aromatic nitrogens is 2. The van der Waals surface area contributed by atoms with E-state index in [1.54, 1.807) is 17.7 Å². The third-order valence-corrected chi connectivity index (χ3v) is 17.2. The number of pyridine rings is 1. The zero-order chi connectivity index (χ0) is 38.3. The van der Waals surface area contributed by atoms with Gasteiger partial charge >= 0.3 is 0 Å². The minimum absolute atomic E-state index is 0.00181. The van der Waals surface area contributed by atoms with Crippen LogP contribution in [0, 0.1) is 5.82 Å². The van der Waals surface area contributed by atoms with Crippen LogP contribution in [0.3, 0.4) is 0 Å². The molecule has 2 fully saturated rings. The Kier molecular flexibility index (Phi) is 11.6. The number of carbonyl (C=O) groups excluding carboxylic acids is 1. The molecule has 0 aliphatic carbocycles. The fourth-order valence-electron chi connectivity index (χ4n) is 6.58. The van der Waals surface area contributed by atoms with Crippen LogP contribution in [0.2, 0.25) is 43.8 Å². The van der Waals surface area contributed by atoms with Gasteiger partial charge in [0.1, 0.15) is 43.1 Å². The van der Waals surface area contributed by atoms with Crippen LogP contribution in [-0.4, -0.2) is 113 Å². The number of nitrogens with zero attached hydrogens (tertiary/aromatic N) is 3. The van der Waals surface area contributed by atoms with Crippen molar-refractivity contribution in [1.82, 2.24) is 14.5 Å². The van der Waals surface area contributed by atoms with E-state index < -0.39 is 46.6 Å². The zero-order valence-electron chi connectivity index (χ0n) is 32.7. The summed E-state index contributed by atoms with van der Waals surface area (Å²) in [5, 5.41) is 10.3. The first kappa shape index (κ1) is 39.6. The lowest BCUT2D eigenvalue weighted by Gasteiger charge is -2.36. The summed E-state index contributed by atoms with van der Waals surface area (Å²) in [7, 11) is -1.79. The van der Waals surface area contributed by atoms with Crippen molar-refractivity contribution in [2.24, 2.45) is 0 Å². The van der Waals surface area contributed by atoms with Gasteiger partial charge in [0.15, 0.2) is 26.1 Å². The van der Waals surface area contributed by atoms with Crippen LogP contribution < -0.4 is 9.47 Å². The fourth-order valence-corrected chi connectivity index (χ4v) is 8.25. The second kappa shape index (κ2) is 15.6. The molecule has 11 nitrogen and oxygen atoms in total. The van der Waals surface area contributed by atoms with E-state index in [-0.39, 0.29) is 43.2 Å². The van der Waals surface area contributed by atoms with Crippen molar-refractivity contribution in [2.75, 3.05) is 46.6 Å². The predicted molar refractivity (Wildman–Crippen MR) is 208 cm³/mol. The highest BCUT2D eigenvalue weighted by atomic mass is 28.4. The molecule has 1 N–H and O–H groups in total. The average molecular weight is 770 g/mol. The molecule has 2 saturated heterocycles. The monoisotopic (exact) mass is 769 g/mol. The Morgan fingerprint density at radius 2 is 1.83 bits per heavy atom. The minimum Gasteiger partial charge on any atom is -0.496 e. The lowest BCUT2D eigenvalue weighted by molar-refractivity contribution is -0.133. The van der Waals surface area contributed by atoms with Gasteiger partial charge in [0.05, 0.1) is 31.4 Å². The highest BCUT2D eigenvalue weighted by Gasteiger charge is 2.48. The first-order valence-electron chi connectivity index (χ1n) is 18.6. The third kappa shape index (κ3) is 8.74. The number of carbonyl (C=O) groups is 1. The smallest absolute Gasteiger partial charge is 0.247 e. The number of benzene rings is 1. The maximum Gasteiger partial charge on any atom is 0.247 e. The van der Waals surface area contributed by atoms with Gasteiger partial charge in [0.25, 0.3) is 0 Å². The summed E-state index contributed by atoms with van der Waals surface area (Å²) in [6.07, 6.45) is 0.750. The molecule has 0 saturated carbocycles. The molecule has 0 unspecified atom stereocenters. The normalized spacial score (nSPS) is 22.3. The molecule has 0 bridgehead atoms. The SMILES string of the molecule is COc1cc(C2=CCN(C(=O)CO[Si](C)(C)C(C)(C)C)CC2)ccc1-c1nc2cc(O[C@@H]3CO[C@H]4[C@@H]3OC[C@H]4O)n(COCC[Si](C)(C)C)c2cc1F. The fraction of sp³-hybridized carbons (Fsp3) is 0.590. The topological polar surface area (TPSA) is 114 Å². The summed E-state index contributed by atoms with van der Waals surface area (Å²) in [5.41, 5.74) is 3.80. The summed E-state index contributed by atoms with van der Waals surface area (Å²) >= 11 is 0. The zero-order valence-corrected chi connectivity index (χ0v) is 34.7. The number of rotatable bonds is 13. The Balaban J connectivity index is 1.22. The Labute approximate surface area is 314 Å². The number of ether oxygens (including phenoxy) is 5. The summed E-state index contributed by atoms with van der Waals surface area (Å²) < 4.78 is 54.0. The average Bonchev–Trinajstić information content (AvgIpc) is 3.78. The second-order valence-electron chi connectivity index (χ2n) is 17.1. The second-order valence-corrected chi connectivity index (χ2v) is 27.5. The van der Waals surface area contributed by atoms with Gasteiger partial charge in [0, 0.05) is 45.5 Å². The molecule has 5 heterocycles. The van der Waals surface area contributed by atoms with Crippen LogP contribution in [0.15, 0.2) is 36.4 Å². The van der Waals surface area contributed by atoms with E-state index >= 15 is 4.39 Å². The van der Waals surface area contributed by atoms with Crippen molar-refractivity contribution in [3.8, 4) is 22.9 Å². The van der Waals surface area contributed by atoms with Crippen molar-refractivity contribution in [1.29, 1.82) is 0 Å². The van der Waals surface area contributed by atoms with Crippen LogP contribution in [-0.2, 0) is 30.2 Å². The van der Waals surface area contributed by atoms with Gasteiger partial charge in [-0.2, -0.15) is 0 Å². The quantitative estimate of drug-likeness (QED) is 0.150. The van der Waals surface area contributed by atoms with Gasteiger partial charge < -0.3 is 38.1 Å². The number of aliphatic hydroxyl groups is 1. The van der Waals surface area contributed by atoms with Crippen LogP contribution in [0.5, 0.6) is 11.6 Å². The molecular formula is C39H56FN3O8Si2. The Morgan fingerprint density at radius 1 is 1.08 bits per heavy atom. The van der Waals surface area contributed by atoms with E-state index in [0.29, 0.717) is 54.3 Å². The molecule has 1 aromatic carbocycles. The highest BCUT2D eigenvalue weighted by molar-refractivity contribution is 6.76. The molecule has 0 radical (unpaired) electrons. The Bertz CT molecular complexity index is 1840. The summed E-state index contributed by atoms with van der Waals surface area (Å²) in [4.78, 5) is 19.6. The number of aliphatic hydroxyl groups excluding tert-OH is 1. The lowest BCUT2D eigenvalue weighted by Crippen LogP contribution is -2.45. The summed E-state index contributed by atoms with van der Waals surface area (Å²) in [6, 6.07) is 9.93. The van der Waals surface area contributed by atoms with E-state index in [0.717, 1.165) is 17.2 Å². The van der Waals surface area contributed by atoms with Crippen molar-refractivity contribution < 1.29 is 42.4 Å². The van der Waals surface area contributed by atoms with E-state index in [1.165, 1.54) is 6.07 Å². The molecule has 4 atom stereocenters. The van der Waals surface area contributed by atoms with Crippen LogP contribution in [0.25, 0.3) is 27.9 Å². The van der Waals surface area contributed by atoms with E-state index in [9.17, 15) is 9.90 Å². The van der Waals surface area contributed by atoms with Crippen molar-refractivity contribution >= 4 is 38.9 Å². The number of amides is 1. The van der Waals surface area contributed by atoms with Crippen LogP contribution in [0.4, 0.5) is 4.39 Å². The highest BCUT2D eigenvalue weighted by Crippen LogP contribution is 2.39. The molecule has 14 heteroatoms. The van der Waals surface area contributed by atoms with E-state index in [1.807, 2.05) is 23.1 Å². The first-order chi connectivity index (χ1) is 25.0. The number of methoxy groups -OCH3 is 1.